The van der Waals surface area contributed by atoms with E-state index >= 15 is 0 Å². The van der Waals surface area contributed by atoms with Crippen molar-refractivity contribution in [2.45, 2.75) is 19.4 Å². The molecule has 0 saturated carbocycles. The third kappa shape index (κ3) is 3.96. The van der Waals surface area contributed by atoms with Gasteiger partial charge in [-0.3, -0.25) is 4.79 Å². The van der Waals surface area contributed by atoms with Gasteiger partial charge in [-0.1, -0.05) is 18.2 Å². The van der Waals surface area contributed by atoms with Gasteiger partial charge in [0.05, 0.1) is 17.1 Å². The number of aryl methyl sites for hydroxylation is 1. The Hall–Kier alpha value is -2.47. The number of para-hydroxylation sites is 2. The topological polar surface area (TPSA) is 83.8 Å². The number of anilines is 1. The lowest BCUT2D eigenvalue weighted by molar-refractivity contribution is 0.0933. The molecule has 0 radical (unpaired) electrons. The maximum atomic E-state index is 12.8. The first-order chi connectivity index (χ1) is 12.1. The number of carbonyl (C=O) groups is 1. The summed E-state index contributed by atoms with van der Waals surface area (Å²) in [6, 6.07) is 13.1. The van der Waals surface area contributed by atoms with Gasteiger partial charge in [-0.15, -0.1) is 0 Å². The summed E-state index contributed by atoms with van der Waals surface area (Å²) in [6.45, 7) is 1.91. The summed E-state index contributed by atoms with van der Waals surface area (Å²) in [5, 5.41) is 3.11. The van der Waals surface area contributed by atoms with Crippen molar-refractivity contribution < 1.29 is 4.79 Å². The normalized spacial score (nSPS) is 12.2. The lowest BCUT2D eigenvalue weighted by atomic mass is 10.1. The second-order valence-electron chi connectivity index (χ2n) is 6.02. The first-order valence-corrected chi connectivity index (χ1v) is 9.58. The van der Waals surface area contributed by atoms with Crippen molar-refractivity contribution in [3.05, 3.63) is 59.4 Å². The van der Waals surface area contributed by atoms with Crippen LogP contribution < -0.4 is 11.1 Å². The van der Waals surface area contributed by atoms with Crippen molar-refractivity contribution in [1.29, 1.82) is 0 Å². The Balaban J connectivity index is 1.87. The zero-order valence-electron chi connectivity index (χ0n) is 14.4. The molecule has 0 spiro atoms. The molecule has 1 aromatic heterocycles. The average Bonchev–Trinajstić information content (AvgIpc) is 3.04. The van der Waals surface area contributed by atoms with Crippen LogP contribution in [0.5, 0.6) is 0 Å². The highest BCUT2D eigenvalue weighted by atomic mass is 32.2. The molecule has 3 rings (SSSR count). The molecule has 0 fully saturated rings. The van der Waals surface area contributed by atoms with Gasteiger partial charge in [0.2, 0.25) is 0 Å². The second-order valence-corrected chi connectivity index (χ2v) is 7.01. The summed E-state index contributed by atoms with van der Waals surface area (Å²) in [7, 11) is 0. The number of hydrogen-bond donors (Lipinski definition) is 3. The minimum atomic E-state index is -0.173. The Kier molecular flexibility index (Phi) is 5.28. The fraction of sp³-hybridized carbons (Fsp3) is 0.263. The lowest BCUT2D eigenvalue weighted by Crippen LogP contribution is -2.30. The molecule has 2 aromatic carbocycles. The van der Waals surface area contributed by atoms with Crippen molar-refractivity contribution in [2.75, 3.05) is 17.7 Å². The largest absolute Gasteiger partial charge is 0.399 e. The Morgan fingerprint density at radius 1 is 1.32 bits per heavy atom. The molecule has 5 nitrogen and oxygen atoms in total. The summed E-state index contributed by atoms with van der Waals surface area (Å²) in [6.07, 6.45) is 2.85. The molecule has 25 heavy (non-hydrogen) atoms. The number of nitrogens with two attached hydrogens (primary N) is 1. The predicted octanol–water partition coefficient (Wildman–Crippen LogP) is 3.68. The number of hydrogen-bond acceptors (Lipinski definition) is 4. The number of aromatic amines is 1. The molecule has 0 aliphatic heterocycles. The van der Waals surface area contributed by atoms with Crippen LogP contribution in [0.4, 0.5) is 5.69 Å². The average molecular weight is 354 g/mol. The van der Waals surface area contributed by atoms with E-state index in [0.717, 1.165) is 34.6 Å². The molecule has 1 atom stereocenters. The molecular formula is C19H22N4OS. The van der Waals surface area contributed by atoms with Crippen LogP contribution in [-0.2, 0) is 0 Å². The van der Waals surface area contributed by atoms with Gasteiger partial charge in [-0.25, -0.2) is 4.98 Å². The lowest BCUT2D eigenvalue weighted by Gasteiger charge is -2.17. The number of nitrogen functional groups attached to an aromatic ring is 1. The fourth-order valence-electron chi connectivity index (χ4n) is 2.77. The number of imidazole rings is 1. The van der Waals surface area contributed by atoms with E-state index in [-0.39, 0.29) is 11.9 Å². The standard InChI is InChI=1S/C19H22N4OS/c1-12-7-8-13(20)11-14(12)19(24)23-17(9-10-25-2)18-21-15-5-3-4-6-16(15)22-18/h3-8,11,17H,9-10,20H2,1-2H3,(H,21,22)(H,23,24). The van der Waals surface area contributed by atoms with Gasteiger partial charge in [0.25, 0.3) is 5.91 Å². The molecule has 1 heterocycles. The van der Waals surface area contributed by atoms with E-state index in [1.807, 2.05) is 37.3 Å². The summed E-state index contributed by atoms with van der Waals surface area (Å²) < 4.78 is 0. The van der Waals surface area contributed by atoms with Crippen molar-refractivity contribution >= 4 is 34.4 Å². The fourth-order valence-corrected chi connectivity index (χ4v) is 3.24. The SMILES string of the molecule is CSCCC(NC(=O)c1cc(N)ccc1C)c1nc2ccccc2[nH]1. The minimum Gasteiger partial charge on any atom is -0.399 e. The summed E-state index contributed by atoms with van der Waals surface area (Å²) in [4.78, 5) is 20.7. The van der Waals surface area contributed by atoms with Crippen molar-refractivity contribution in [1.82, 2.24) is 15.3 Å². The first kappa shape index (κ1) is 17.4. The number of fused-ring (bicyclic) bond motifs is 1. The van der Waals surface area contributed by atoms with Gasteiger partial charge in [0, 0.05) is 11.3 Å². The molecular weight excluding hydrogens is 332 g/mol. The van der Waals surface area contributed by atoms with Crippen LogP contribution in [0.1, 0.15) is 34.2 Å². The molecule has 1 amide bonds. The van der Waals surface area contributed by atoms with E-state index in [9.17, 15) is 4.79 Å². The Morgan fingerprint density at radius 3 is 2.88 bits per heavy atom. The first-order valence-electron chi connectivity index (χ1n) is 8.19. The number of H-pyrrole nitrogens is 1. The molecule has 130 valence electrons. The summed E-state index contributed by atoms with van der Waals surface area (Å²) in [5.41, 5.74) is 9.80. The van der Waals surface area contributed by atoms with Gasteiger partial charge < -0.3 is 16.0 Å². The van der Waals surface area contributed by atoms with Crippen LogP contribution in [0.15, 0.2) is 42.5 Å². The summed E-state index contributed by atoms with van der Waals surface area (Å²) in [5.74, 6) is 1.58. The van der Waals surface area contributed by atoms with Crippen LogP contribution >= 0.6 is 11.8 Å². The van der Waals surface area contributed by atoms with Crippen LogP contribution in [-0.4, -0.2) is 27.9 Å². The third-order valence-electron chi connectivity index (χ3n) is 4.16. The number of thioether (sulfide) groups is 1. The Morgan fingerprint density at radius 2 is 2.12 bits per heavy atom. The second kappa shape index (κ2) is 7.61. The molecule has 0 aliphatic rings. The number of nitrogens with zero attached hydrogens (tertiary/aromatic N) is 1. The van der Waals surface area contributed by atoms with E-state index in [4.69, 9.17) is 5.73 Å². The number of nitrogens with one attached hydrogen (secondary N) is 2. The monoisotopic (exact) mass is 354 g/mol. The molecule has 6 heteroatoms. The highest BCUT2D eigenvalue weighted by Gasteiger charge is 2.20. The molecule has 0 aliphatic carbocycles. The van der Waals surface area contributed by atoms with Crippen LogP contribution in [0, 0.1) is 6.92 Å². The Labute approximate surface area is 151 Å². The smallest absolute Gasteiger partial charge is 0.252 e. The van der Waals surface area contributed by atoms with Crippen LogP contribution in [0.2, 0.25) is 0 Å². The predicted molar refractivity (Wildman–Crippen MR) is 105 cm³/mol. The zero-order chi connectivity index (χ0) is 17.8. The van der Waals surface area contributed by atoms with E-state index in [0.29, 0.717) is 11.3 Å². The number of benzene rings is 2. The molecule has 0 saturated heterocycles. The quantitative estimate of drug-likeness (QED) is 0.590. The number of amides is 1. The number of rotatable bonds is 6. The number of aromatic nitrogens is 2. The Bertz CT molecular complexity index is 857. The van der Waals surface area contributed by atoms with Gasteiger partial charge in [-0.2, -0.15) is 11.8 Å². The molecule has 3 aromatic rings. The van der Waals surface area contributed by atoms with E-state index < -0.39 is 0 Å². The van der Waals surface area contributed by atoms with Crippen molar-refractivity contribution in [3.8, 4) is 0 Å². The van der Waals surface area contributed by atoms with Crippen LogP contribution in [0.25, 0.3) is 11.0 Å². The zero-order valence-corrected chi connectivity index (χ0v) is 15.2. The van der Waals surface area contributed by atoms with Crippen molar-refractivity contribution in [3.63, 3.8) is 0 Å². The van der Waals surface area contributed by atoms with Crippen LogP contribution in [0.3, 0.4) is 0 Å². The van der Waals surface area contributed by atoms with Gasteiger partial charge in [0.15, 0.2) is 0 Å². The van der Waals surface area contributed by atoms with E-state index in [1.54, 1.807) is 23.9 Å². The molecule has 0 bridgehead atoms. The summed E-state index contributed by atoms with van der Waals surface area (Å²) >= 11 is 1.75. The van der Waals surface area contributed by atoms with Gasteiger partial charge in [-0.05, 0) is 55.2 Å². The third-order valence-corrected chi connectivity index (χ3v) is 4.80. The van der Waals surface area contributed by atoms with Gasteiger partial charge >= 0.3 is 0 Å². The number of carbonyl (C=O) groups excluding carboxylic acids is 1. The minimum absolute atomic E-state index is 0.128. The maximum absolute atomic E-state index is 12.8. The highest BCUT2D eigenvalue weighted by Crippen LogP contribution is 2.21. The maximum Gasteiger partial charge on any atom is 0.252 e. The van der Waals surface area contributed by atoms with E-state index in [1.165, 1.54) is 0 Å². The molecule has 1 unspecified atom stereocenters. The van der Waals surface area contributed by atoms with E-state index in [2.05, 4.69) is 21.5 Å². The van der Waals surface area contributed by atoms with Crippen molar-refractivity contribution in [2.24, 2.45) is 0 Å². The molecule has 4 N–H and O–H groups in total. The van der Waals surface area contributed by atoms with Gasteiger partial charge in [0.1, 0.15) is 5.82 Å². The highest BCUT2D eigenvalue weighted by molar-refractivity contribution is 7.98.